The van der Waals surface area contributed by atoms with Gasteiger partial charge in [0.2, 0.25) is 5.90 Å². The van der Waals surface area contributed by atoms with Gasteiger partial charge < -0.3 is 4.74 Å². The van der Waals surface area contributed by atoms with Crippen LogP contribution in [0.15, 0.2) is 23.2 Å². The Morgan fingerprint density at radius 2 is 1.65 bits per heavy atom. The molecule has 0 fully saturated rings. The predicted molar refractivity (Wildman–Crippen MR) is 62.7 cm³/mol. The Labute approximate surface area is 124 Å². The molecule has 0 aliphatic carbocycles. The number of carbonyl (C=O) groups is 1. The number of hydrogen-bond donors (Lipinski definition) is 2. The molecule has 1 heterocycles. The summed E-state index contributed by atoms with van der Waals surface area (Å²) in [5, 5.41) is 8.43. The molecule has 1 aliphatic heterocycles. The molecule has 1 aromatic carbocycles. The number of ether oxygens (including phenoxy) is 1. The van der Waals surface area contributed by atoms with Gasteiger partial charge in [-0.1, -0.05) is 0 Å². The van der Waals surface area contributed by atoms with E-state index in [1.54, 1.807) is 0 Å². The quantitative estimate of drug-likeness (QED) is 0.492. The van der Waals surface area contributed by atoms with Crippen LogP contribution in [0, 0.1) is 0 Å². The predicted octanol–water partition coefficient (Wildman–Crippen LogP) is 2.38. The van der Waals surface area contributed by atoms with Crippen molar-refractivity contribution in [3.8, 4) is 0 Å². The van der Waals surface area contributed by atoms with Crippen molar-refractivity contribution >= 4 is 11.8 Å². The molecule has 1 aliphatic rings. The SMILES string of the molecule is O=C(NO)C1COC(c2cc(C(F)(F)F)cc(C(F)(F)F)c2)=N1. The Morgan fingerprint density at radius 1 is 1.13 bits per heavy atom. The number of carbonyl (C=O) groups excluding carboxylic acids is 1. The third-order valence-corrected chi connectivity index (χ3v) is 2.90. The number of halogens is 6. The van der Waals surface area contributed by atoms with Crippen molar-refractivity contribution in [2.45, 2.75) is 18.4 Å². The van der Waals surface area contributed by atoms with E-state index in [4.69, 9.17) is 9.94 Å². The van der Waals surface area contributed by atoms with Crippen molar-refractivity contribution in [3.05, 3.63) is 34.9 Å². The second-order valence-electron chi connectivity index (χ2n) is 4.53. The largest absolute Gasteiger partial charge is 0.475 e. The number of benzene rings is 1. The van der Waals surface area contributed by atoms with Gasteiger partial charge in [-0.3, -0.25) is 10.0 Å². The summed E-state index contributed by atoms with van der Waals surface area (Å²) in [6.45, 7) is -0.417. The Morgan fingerprint density at radius 3 is 2.09 bits per heavy atom. The Balaban J connectivity index is 2.49. The molecule has 23 heavy (non-hydrogen) atoms. The lowest BCUT2D eigenvalue weighted by atomic mass is 10.0. The zero-order valence-corrected chi connectivity index (χ0v) is 11.0. The summed E-state index contributed by atoms with van der Waals surface area (Å²) in [4.78, 5) is 14.7. The topological polar surface area (TPSA) is 70.9 Å². The van der Waals surface area contributed by atoms with Crippen molar-refractivity contribution in [3.63, 3.8) is 0 Å². The summed E-state index contributed by atoms with van der Waals surface area (Å²) >= 11 is 0. The highest BCUT2D eigenvalue weighted by atomic mass is 19.4. The maximum atomic E-state index is 12.7. The summed E-state index contributed by atoms with van der Waals surface area (Å²) < 4.78 is 81.3. The van der Waals surface area contributed by atoms with Gasteiger partial charge in [0.25, 0.3) is 5.91 Å². The van der Waals surface area contributed by atoms with E-state index in [1.165, 1.54) is 5.48 Å². The second-order valence-corrected chi connectivity index (χ2v) is 4.53. The summed E-state index contributed by atoms with van der Waals surface area (Å²) in [6.07, 6.45) is -10.0. The monoisotopic (exact) mass is 342 g/mol. The third-order valence-electron chi connectivity index (χ3n) is 2.90. The minimum atomic E-state index is -5.00. The van der Waals surface area contributed by atoms with Crippen molar-refractivity contribution in [1.82, 2.24) is 5.48 Å². The number of nitrogens with zero attached hydrogens (tertiary/aromatic N) is 1. The van der Waals surface area contributed by atoms with Gasteiger partial charge in [0.15, 0.2) is 6.04 Å². The van der Waals surface area contributed by atoms with Crippen LogP contribution in [0.3, 0.4) is 0 Å². The number of alkyl halides is 6. The van der Waals surface area contributed by atoms with Gasteiger partial charge in [-0.15, -0.1) is 0 Å². The lowest BCUT2D eigenvalue weighted by molar-refractivity contribution is -0.143. The van der Waals surface area contributed by atoms with Crippen LogP contribution in [0.4, 0.5) is 26.3 Å². The normalized spacial score (nSPS) is 18.4. The molecule has 126 valence electrons. The van der Waals surface area contributed by atoms with Gasteiger partial charge in [-0.25, -0.2) is 10.5 Å². The molecule has 0 saturated carbocycles. The van der Waals surface area contributed by atoms with E-state index in [1.807, 2.05) is 0 Å². The van der Waals surface area contributed by atoms with E-state index in [0.717, 1.165) is 0 Å². The zero-order chi connectivity index (χ0) is 17.4. The maximum Gasteiger partial charge on any atom is 0.416 e. The van der Waals surface area contributed by atoms with Crippen molar-refractivity contribution in [2.24, 2.45) is 4.99 Å². The minimum absolute atomic E-state index is 0.0308. The van der Waals surface area contributed by atoms with Crippen molar-refractivity contribution in [1.29, 1.82) is 0 Å². The first-order valence-corrected chi connectivity index (χ1v) is 5.97. The summed E-state index contributed by atoms with van der Waals surface area (Å²) in [6, 6.07) is -0.420. The van der Waals surface area contributed by atoms with E-state index in [0.29, 0.717) is 12.1 Å². The molecule has 0 saturated heterocycles. The molecule has 11 heteroatoms. The molecule has 1 amide bonds. The van der Waals surface area contributed by atoms with Crippen molar-refractivity contribution < 1.29 is 41.1 Å². The van der Waals surface area contributed by atoms with Gasteiger partial charge in [-0.2, -0.15) is 26.3 Å². The standard InChI is InChI=1S/C12H8F6N2O3/c13-11(14,15)6-1-5(2-7(3-6)12(16,17)18)10-19-8(4-23-10)9(21)20-22/h1-3,8,22H,4H2,(H,20,21). The molecule has 2 N–H and O–H groups in total. The number of hydrogen-bond acceptors (Lipinski definition) is 4. The number of aliphatic imine (C=N–C) groups is 1. The molecule has 5 nitrogen and oxygen atoms in total. The Hall–Kier alpha value is -2.30. The Bertz CT molecular complexity index is 621. The van der Waals surface area contributed by atoms with Crippen LogP contribution in [0.25, 0.3) is 0 Å². The zero-order valence-electron chi connectivity index (χ0n) is 11.0. The fraction of sp³-hybridized carbons (Fsp3) is 0.333. The molecule has 0 spiro atoms. The fourth-order valence-corrected chi connectivity index (χ4v) is 1.82. The summed E-state index contributed by atoms with van der Waals surface area (Å²) in [5.74, 6) is -1.54. The number of rotatable bonds is 2. The Kier molecular flexibility index (Phi) is 4.24. The molecule has 2 rings (SSSR count). The van der Waals surface area contributed by atoms with Gasteiger partial charge >= 0.3 is 12.4 Å². The minimum Gasteiger partial charge on any atom is -0.475 e. The number of nitrogens with one attached hydrogen (secondary N) is 1. The van der Waals surface area contributed by atoms with E-state index in [2.05, 4.69) is 4.99 Å². The molecular formula is C12H8F6N2O3. The first-order chi connectivity index (χ1) is 10.5. The highest BCUT2D eigenvalue weighted by Gasteiger charge is 2.38. The van der Waals surface area contributed by atoms with Crippen LogP contribution in [0.1, 0.15) is 16.7 Å². The first-order valence-electron chi connectivity index (χ1n) is 5.97. The van der Waals surface area contributed by atoms with E-state index in [9.17, 15) is 31.1 Å². The molecule has 1 atom stereocenters. The van der Waals surface area contributed by atoms with Gasteiger partial charge in [0.05, 0.1) is 11.1 Å². The lowest BCUT2D eigenvalue weighted by Crippen LogP contribution is -2.31. The maximum absolute atomic E-state index is 12.7. The molecule has 1 aromatic rings. The molecule has 0 aromatic heterocycles. The van der Waals surface area contributed by atoms with Gasteiger partial charge in [0.1, 0.15) is 6.61 Å². The third kappa shape index (κ3) is 3.73. The summed E-state index contributed by atoms with van der Waals surface area (Å²) in [7, 11) is 0. The molecule has 0 radical (unpaired) electrons. The van der Waals surface area contributed by atoms with Crippen LogP contribution in [-0.2, 0) is 21.9 Å². The van der Waals surface area contributed by atoms with E-state index < -0.39 is 53.5 Å². The lowest BCUT2D eigenvalue weighted by Gasteiger charge is -2.13. The van der Waals surface area contributed by atoms with Crippen LogP contribution in [-0.4, -0.2) is 29.7 Å². The fourth-order valence-electron chi connectivity index (χ4n) is 1.82. The molecular weight excluding hydrogens is 334 g/mol. The molecule has 1 unspecified atom stereocenters. The highest BCUT2D eigenvalue weighted by molar-refractivity contribution is 5.98. The number of hydroxylamine groups is 1. The average molecular weight is 342 g/mol. The van der Waals surface area contributed by atoms with Crippen LogP contribution < -0.4 is 5.48 Å². The van der Waals surface area contributed by atoms with Gasteiger partial charge in [0, 0.05) is 5.56 Å². The van der Waals surface area contributed by atoms with Gasteiger partial charge in [-0.05, 0) is 18.2 Å². The van der Waals surface area contributed by atoms with Crippen molar-refractivity contribution in [2.75, 3.05) is 6.61 Å². The van der Waals surface area contributed by atoms with Crippen LogP contribution in [0.2, 0.25) is 0 Å². The summed E-state index contributed by atoms with van der Waals surface area (Å²) in [5.41, 5.74) is -2.35. The van der Waals surface area contributed by atoms with E-state index >= 15 is 0 Å². The van der Waals surface area contributed by atoms with Crippen LogP contribution in [0.5, 0.6) is 0 Å². The number of amides is 1. The molecule has 0 bridgehead atoms. The van der Waals surface area contributed by atoms with E-state index in [-0.39, 0.29) is 6.07 Å². The smallest absolute Gasteiger partial charge is 0.416 e. The average Bonchev–Trinajstić information content (AvgIpc) is 2.94. The second kappa shape index (κ2) is 5.72. The highest BCUT2D eigenvalue weighted by Crippen LogP contribution is 2.36. The first kappa shape index (κ1) is 17.1. The van der Waals surface area contributed by atoms with Crippen LogP contribution >= 0.6 is 0 Å².